The van der Waals surface area contributed by atoms with E-state index in [-0.39, 0.29) is 18.1 Å². The van der Waals surface area contributed by atoms with Gasteiger partial charge >= 0.3 is 0 Å². The van der Waals surface area contributed by atoms with Crippen LogP contribution in [0.4, 0.5) is 0 Å². The highest BCUT2D eigenvalue weighted by Gasteiger charge is 2.42. The van der Waals surface area contributed by atoms with Crippen molar-refractivity contribution in [3.63, 3.8) is 0 Å². The van der Waals surface area contributed by atoms with Crippen LogP contribution in [0.15, 0.2) is 42.7 Å². The van der Waals surface area contributed by atoms with E-state index in [4.69, 9.17) is 4.74 Å². The lowest BCUT2D eigenvalue weighted by atomic mass is 9.87. The Bertz CT molecular complexity index is 704. The highest BCUT2D eigenvalue weighted by molar-refractivity contribution is 5.85. The van der Waals surface area contributed by atoms with Crippen molar-refractivity contribution in [2.45, 2.75) is 51.3 Å². The summed E-state index contributed by atoms with van der Waals surface area (Å²) in [6.07, 6.45) is 5.22. The number of hydrogen-bond acceptors (Lipinski definition) is 4. The SMILES string of the molecule is CC(C)Oc1ccc(C(C)NC(=O)C2(n3cccn3)CCNCC2)cc1. The molecule has 1 fully saturated rings. The number of nitrogens with zero attached hydrogens (tertiary/aromatic N) is 2. The molecule has 2 N–H and O–H groups in total. The molecule has 0 saturated carbocycles. The summed E-state index contributed by atoms with van der Waals surface area (Å²) in [4.78, 5) is 13.2. The first-order valence-electron chi connectivity index (χ1n) is 9.30. The number of hydrogen-bond donors (Lipinski definition) is 2. The molecule has 1 unspecified atom stereocenters. The minimum absolute atomic E-state index is 0.0257. The Morgan fingerprint density at radius 2 is 1.92 bits per heavy atom. The van der Waals surface area contributed by atoms with Crippen molar-refractivity contribution >= 4 is 5.91 Å². The number of ether oxygens (including phenoxy) is 1. The van der Waals surface area contributed by atoms with Crippen LogP contribution in [-0.2, 0) is 10.3 Å². The minimum atomic E-state index is -0.621. The van der Waals surface area contributed by atoms with Crippen LogP contribution in [0.2, 0.25) is 0 Å². The van der Waals surface area contributed by atoms with E-state index in [0.29, 0.717) is 0 Å². The zero-order valence-electron chi connectivity index (χ0n) is 15.7. The van der Waals surface area contributed by atoms with Crippen molar-refractivity contribution in [2.24, 2.45) is 0 Å². The van der Waals surface area contributed by atoms with E-state index in [2.05, 4.69) is 15.7 Å². The summed E-state index contributed by atoms with van der Waals surface area (Å²) < 4.78 is 7.50. The Labute approximate surface area is 154 Å². The number of benzene rings is 1. The number of aromatic nitrogens is 2. The van der Waals surface area contributed by atoms with Crippen molar-refractivity contribution in [3.8, 4) is 5.75 Å². The second-order valence-corrected chi connectivity index (χ2v) is 7.16. The summed E-state index contributed by atoms with van der Waals surface area (Å²) in [5.74, 6) is 0.867. The van der Waals surface area contributed by atoms with Crippen LogP contribution in [0.25, 0.3) is 0 Å². The second kappa shape index (κ2) is 7.91. The molecule has 1 aromatic heterocycles. The van der Waals surface area contributed by atoms with Gasteiger partial charge < -0.3 is 15.4 Å². The standard InChI is InChI=1S/C20H28N4O2/c1-15(2)26-18-7-5-17(6-8-18)16(3)23-19(25)20(9-12-21-13-10-20)24-14-4-11-22-24/h4-8,11,14-16,21H,9-10,12-13H2,1-3H3,(H,23,25). The maximum atomic E-state index is 13.2. The van der Waals surface area contributed by atoms with Crippen molar-refractivity contribution in [1.82, 2.24) is 20.4 Å². The lowest BCUT2D eigenvalue weighted by Crippen LogP contribution is -2.55. The fraction of sp³-hybridized carbons (Fsp3) is 0.500. The van der Waals surface area contributed by atoms with Crippen LogP contribution >= 0.6 is 0 Å². The van der Waals surface area contributed by atoms with E-state index in [9.17, 15) is 4.79 Å². The molecule has 1 aliphatic rings. The number of carbonyl (C=O) groups is 1. The van der Waals surface area contributed by atoms with Crippen molar-refractivity contribution in [3.05, 3.63) is 48.3 Å². The van der Waals surface area contributed by atoms with Gasteiger partial charge in [-0.3, -0.25) is 9.48 Å². The van der Waals surface area contributed by atoms with Gasteiger partial charge in [0.2, 0.25) is 5.91 Å². The fourth-order valence-electron chi connectivity index (χ4n) is 3.44. The Hall–Kier alpha value is -2.34. The molecule has 6 nitrogen and oxygen atoms in total. The Morgan fingerprint density at radius 3 is 2.50 bits per heavy atom. The van der Waals surface area contributed by atoms with Crippen LogP contribution in [0.1, 0.15) is 45.2 Å². The van der Waals surface area contributed by atoms with Crippen molar-refractivity contribution < 1.29 is 9.53 Å². The van der Waals surface area contributed by atoms with Gasteiger partial charge in [-0.05, 0) is 70.5 Å². The van der Waals surface area contributed by atoms with Crippen LogP contribution in [0, 0.1) is 0 Å². The largest absolute Gasteiger partial charge is 0.491 e. The summed E-state index contributed by atoms with van der Waals surface area (Å²) in [6.45, 7) is 7.63. The molecule has 0 bridgehead atoms. The van der Waals surface area contributed by atoms with E-state index < -0.39 is 5.54 Å². The van der Waals surface area contributed by atoms with E-state index in [1.165, 1.54) is 0 Å². The second-order valence-electron chi connectivity index (χ2n) is 7.16. The molecule has 3 rings (SSSR count). The predicted molar refractivity (Wildman–Crippen MR) is 101 cm³/mol. The first-order valence-corrected chi connectivity index (χ1v) is 9.30. The van der Waals surface area contributed by atoms with Gasteiger partial charge in [0.05, 0.1) is 12.1 Å². The normalized spacial score (nSPS) is 17.7. The zero-order chi connectivity index (χ0) is 18.6. The van der Waals surface area contributed by atoms with E-state index in [1.54, 1.807) is 6.20 Å². The monoisotopic (exact) mass is 356 g/mol. The van der Waals surface area contributed by atoms with Crippen LogP contribution in [0.5, 0.6) is 5.75 Å². The predicted octanol–water partition coefficient (Wildman–Crippen LogP) is 2.63. The number of nitrogens with one attached hydrogen (secondary N) is 2. The summed E-state index contributed by atoms with van der Waals surface area (Å²) in [5, 5.41) is 10.9. The molecule has 0 radical (unpaired) electrons. The number of rotatable bonds is 6. The topological polar surface area (TPSA) is 68.2 Å². The van der Waals surface area contributed by atoms with Gasteiger partial charge in [0, 0.05) is 12.4 Å². The first-order chi connectivity index (χ1) is 12.5. The van der Waals surface area contributed by atoms with Gasteiger partial charge in [0.25, 0.3) is 0 Å². The molecule has 6 heteroatoms. The van der Waals surface area contributed by atoms with E-state index >= 15 is 0 Å². The molecule has 1 aromatic carbocycles. The molecular weight excluding hydrogens is 328 g/mol. The third-order valence-corrected chi connectivity index (χ3v) is 4.90. The minimum Gasteiger partial charge on any atom is -0.491 e. The quantitative estimate of drug-likeness (QED) is 0.835. The summed E-state index contributed by atoms with van der Waals surface area (Å²) in [6, 6.07) is 9.70. The number of piperidine rings is 1. The average molecular weight is 356 g/mol. The lowest BCUT2D eigenvalue weighted by Gasteiger charge is -2.37. The maximum absolute atomic E-state index is 13.2. The molecule has 2 heterocycles. The number of carbonyl (C=O) groups excluding carboxylic acids is 1. The molecule has 0 spiro atoms. The van der Waals surface area contributed by atoms with Gasteiger partial charge in [-0.2, -0.15) is 5.10 Å². The molecule has 140 valence electrons. The molecular formula is C20H28N4O2. The van der Waals surface area contributed by atoms with Crippen LogP contribution < -0.4 is 15.4 Å². The Balaban J connectivity index is 1.73. The zero-order valence-corrected chi connectivity index (χ0v) is 15.7. The van der Waals surface area contributed by atoms with Crippen molar-refractivity contribution in [1.29, 1.82) is 0 Å². The summed E-state index contributed by atoms with van der Waals surface area (Å²) >= 11 is 0. The lowest BCUT2D eigenvalue weighted by molar-refractivity contribution is -0.132. The van der Waals surface area contributed by atoms with E-state index in [0.717, 1.165) is 37.2 Å². The van der Waals surface area contributed by atoms with Gasteiger partial charge in [-0.15, -0.1) is 0 Å². The summed E-state index contributed by atoms with van der Waals surface area (Å²) in [7, 11) is 0. The van der Waals surface area contributed by atoms with Gasteiger partial charge in [-0.25, -0.2) is 0 Å². The molecule has 1 atom stereocenters. The Kier molecular flexibility index (Phi) is 5.61. The Morgan fingerprint density at radius 1 is 1.23 bits per heavy atom. The highest BCUT2D eigenvalue weighted by Crippen LogP contribution is 2.28. The molecule has 2 aromatic rings. The summed E-state index contributed by atoms with van der Waals surface area (Å²) in [5.41, 5.74) is 0.433. The molecule has 1 aliphatic heterocycles. The maximum Gasteiger partial charge on any atom is 0.248 e. The van der Waals surface area contributed by atoms with Crippen LogP contribution in [-0.4, -0.2) is 34.9 Å². The smallest absolute Gasteiger partial charge is 0.248 e. The third-order valence-electron chi connectivity index (χ3n) is 4.90. The van der Waals surface area contributed by atoms with Gasteiger partial charge in [0.15, 0.2) is 0 Å². The molecule has 1 amide bonds. The average Bonchev–Trinajstić information content (AvgIpc) is 3.17. The molecule has 1 saturated heterocycles. The highest BCUT2D eigenvalue weighted by atomic mass is 16.5. The van der Waals surface area contributed by atoms with E-state index in [1.807, 2.05) is 62.0 Å². The first kappa shape index (κ1) is 18.5. The molecule has 0 aliphatic carbocycles. The van der Waals surface area contributed by atoms with Gasteiger partial charge in [0.1, 0.15) is 11.3 Å². The third kappa shape index (κ3) is 3.90. The van der Waals surface area contributed by atoms with Gasteiger partial charge in [-0.1, -0.05) is 12.1 Å². The molecule has 26 heavy (non-hydrogen) atoms. The number of amides is 1. The van der Waals surface area contributed by atoms with Crippen molar-refractivity contribution in [2.75, 3.05) is 13.1 Å². The van der Waals surface area contributed by atoms with Crippen LogP contribution in [0.3, 0.4) is 0 Å². The fourth-order valence-corrected chi connectivity index (χ4v) is 3.44.